The molecule has 26 heavy (non-hydrogen) atoms. The summed E-state index contributed by atoms with van der Waals surface area (Å²) < 4.78 is 5.54. The number of fused-ring (bicyclic) bond motifs is 1. The minimum Gasteiger partial charge on any atom is -0.494 e. The van der Waals surface area contributed by atoms with Gasteiger partial charge >= 0.3 is 5.97 Å². The number of nitrogens with zero attached hydrogens (tertiary/aromatic N) is 1. The maximum atomic E-state index is 12.7. The summed E-state index contributed by atoms with van der Waals surface area (Å²) >= 11 is 0. The lowest BCUT2D eigenvalue weighted by Gasteiger charge is -2.16. The van der Waals surface area contributed by atoms with Crippen molar-refractivity contribution in [1.29, 1.82) is 5.41 Å². The number of anilines is 1. The summed E-state index contributed by atoms with van der Waals surface area (Å²) in [6, 6.07) is 12.3. The van der Waals surface area contributed by atoms with Gasteiger partial charge in [0.05, 0.1) is 13.2 Å². The minimum atomic E-state index is -0.857. The van der Waals surface area contributed by atoms with Crippen LogP contribution >= 0.6 is 0 Å². The maximum Gasteiger partial charge on any atom is 0.303 e. The summed E-state index contributed by atoms with van der Waals surface area (Å²) in [4.78, 5) is 24.9. The summed E-state index contributed by atoms with van der Waals surface area (Å²) in [5.74, 6) is -0.440. The van der Waals surface area contributed by atoms with Crippen LogP contribution < -0.4 is 15.4 Å². The predicted octanol–water partition coefficient (Wildman–Crippen LogP) is 2.37. The molecule has 3 rings (SSSR count). The first-order chi connectivity index (χ1) is 12.5. The molecule has 1 amide bonds. The van der Waals surface area contributed by atoms with Gasteiger partial charge in [-0.15, -0.1) is 0 Å². The van der Waals surface area contributed by atoms with Gasteiger partial charge in [-0.1, -0.05) is 6.07 Å². The van der Waals surface area contributed by atoms with Crippen molar-refractivity contribution in [3.05, 3.63) is 59.2 Å². The summed E-state index contributed by atoms with van der Waals surface area (Å²) in [6.07, 6.45) is 0.461. The quantitative estimate of drug-likeness (QED) is 0.401. The molecule has 0 aromatic heterocycles. The molecule has 0 bridgehead atoms. The SMILES string of the molecule is N=C(N)c1ccc(N2Cc3ccc(OCCCC(=O)O)cc3C2=O)cc1. The first-order valence-corrected chi connectivity index (χ1v) is 8.19. The van der Waals surface area contributed by atoms with Crippen LogP contribution in [-0.4, -0.2) is 29.4 Å². The van der Waals surface area contributed by atoms with Crippen LogP contribution in [0.3, 0.4) is 0 Å². The Balaban J connectivity index is 1.70. The third kappa shape index (κ3) is 3.66. The molecule has 0 unspecified atom stereocenters. The largest absolute Gasteiger partial charge is 0.494 e. The van der Waals surface area contributed by atoms with E-state index >= 15 is 0 Å². The monoisotopic (exact) mass is 353 g/mol. The number of benzene rings is 2. The van der Waals surface area contributed by atoms with E-state index in [0.29, 0.717) is 29.8 Å². The first kappa shape index (κ1) is 17.5. The molecule has 0 atom stereocenters. The molecular formula is C19H19N3O4. The topological polar surface area (TPSA) is 117 Å². The van der Waals surface area contributed by atoms with Crippen LogP contribution in [0.2, 0.25) is 0 Å². The number of nitrogens with one attached hydrogen (secondary N) is 1. The molecule has 4 N–H and O–H groups in total. The van der Waals surface area contributed by atoms with Crippen molar-refractivity contribution in [3.63, 3.8) is 0 Å². The molecule has 2 aromatic rings. The summed E-state index contributed by atoms with van der Waals surface area (Å²) in [5, 5.41) is 16.1. The zero-order valence-electron chi connectivity index (χ0n) is 14.1. The van der Waals surface area contributed by atoms with E-state index in [0.717, 1.165) is 11.3 Å². The van der Waals surface area contributed by atoms with Crippen molar-refractivity contribution in [3.8, 4) is 5.75 Å². The fourth-order valence-electron chi connectivity index (χ4n) is 2.81. The Kier molecular flexibility index (Phi) is 4.88. The van der Waals surface area contributed by atoms with Crippen molar-refractivity contribution in [2.24, 2.45) is 5.73 Å². The van der Waals surface area contributed by atoms with Crippen molar-refractivity contribution in [1.82, 2.24) is 0 Å². The second kappa shape index (κ2) is 7.26. The molecule has 1 heterocycles. The number of ether oxygens (including phenoxy) is 1. The number of carbonyl (C=O) groups excluding carboxylic acids is 1. The third-order valence-corrected chi connectivity index (χ3v) is 4.18. The van der Waals surface area contributed by atoms with Crippen molar-refractivity contribution in [2.45, 2.75) is 19.4 Å². The Morgan fingerprint density at radius 1 is 1.23 bits per heavy atom. The molecule has 0 spiro atoms. The number of carboxylic acids is 1. The number of amidine groups is 1. The van der Waals surface area contributed by atoms with E-state index in [1.165, 1.54) is 0 Å². The Morgan fingerprint density at radius 2 is 1.96 bits per heavy atom. The standard InChI is InChI=1S/C19H19N3O4/c20-18(21)12-3-6-14(7-4-12)22-11-13-5-8-15(10-16(13)19(22)25)26-9-1-2-17(23)24/h3-8,10H,1-2,9,11H2,(H3,20,21)(H,23,24). The number of hydrogen-bond donors (Lipinski definition) is 3. The Labute approximate surface area is 150 Å². The van der Waals surface area contributed by atoms with Crippen LogP contribution in [0, 0.1) is 5.41 Å². The zero-order valence-corrected chi connectivity index (χ0v) is 14.1. The van der Waals surface area contributed by atoms with E-state index in [2.05, 4.69) is 0 Å². The van der Waals surface area contributed by atoms with Crippen LogP contribution in [0.1, 0.15) is 34.3 Å². The molecule has 0 saturated carbocycles. The van der Waals surface area contributed by atoms with Gasteiger partial charge in [-0.2, -0.15) is 0 Å². The molecule has 0 aliphatic carbocycles. The van der Waals surface area contributed by atoms with Gasteiger partial charge in [0, 0.05) is 23.2 Å². The van der Waals surface area contributed by atoms with Crippen molar-refractivity contribution in [2.75, 3.05) is 11.5 Å². The molecule has 1 aliphatic rings. The van der Waals surface area contributed by atoms with Gasteiger partial charge in [-0.3, -0.25) is 15.0 Å². The van der Waals surface area contributed by atoms with E-state index in [-0.39, 0.29) is 24.8 Å². The lowest BCUT2D eigenvalue weighted by Crippen LogP contribution is -2.23. The molecule has 7 nitrogen and oxygen atoms in total. The number of amides is 1. The van der Waals surface area contributed by atoms with Gasteiger partial charge in [0.15, 0.2) is 0 Å². The third-order valence-electron chi connectivity index (χ3n) is 4.18. The second-order valence-corrected chi connectivity index (χ2v) is 6.02. The normalized spacial score (nSPS) is 12.8. The van der Waals surface area contributed by atoms with E-state index in [9.17, 15) is 9.59 Å². The molecule has 0 saturated heterocycles. The van der Waals surface area contributed by atoms with Gasteiger partial charge in [0.25, 0.3) is 5.91 Å². The number of nitrogens with two attached hydrogens (primary N) is 1. The summed E-state index contributed by atoms with van der Waals surface area (Å²) in [7, 11) is 0. The fraction of sp³-hybridized carbons (Fsp3) is 0.211. The van der Waals surface area contributed by atoms with Crippen LogP contribution in [0.25, 0.3) is 0 Å². The van der Waals surface area contributed by atoms with Gasteiger partial charge in [-0.25, -0.2) is 0 Å². The number of rotatable bonds is 7. The average Bonchev–Trinajstić information content (AvgIpc) is 2.95. The highest BCUT2D eigenvalue weighted by molar-refractivity contribution is 6.10. The van der Waals surface area contributed by atoms with Crippen molar-refractivity contribution >= 4 is 23.4 Å². The van der Waals surface area contributed by atoms with Gasteiger partial charge < -0.3 is 20.5 Å². The van der Waals surface area contributed by atoms with E-state index in [1.807, 2.05) is 6.07 Å². The summed E-state index contributed by atoms with van der Waals surface area (Å²) in [5.41, 5.74) is 8.28. The van der Waals surface area contributed by atoms with E-state index < -0.39 is 5.97 Å². The maximum absolute atomic E-state index is 12.7. The predicted molar refractivity (Wildman–Crippen MR) is 96.8 cm³/mol. The highest BCUT2D eigenvalue weighted by atomic mass is 16.5. The van der Waals surface area contributed by atoms with Crippen LogP contribution in [0.15, 0.2) is 42.5 Å². The smallest absolute Gasteiger partial charge is 0.303 e. The molecule has 134 valence electrons. The molecular weight excluding hydrogens is 334 g/mol. The van der Waals surface area contributed by atoms with E-state index in [1.54, 1.807) is 41.3 Å². The van der Waals surface area contributed by atoms with Crippen LogP contribution in [0.5, 0.6) is 5.75 Å². The molecule has 7 heteroatoms. The average molecular weight is 353 g/mol. The number of hydrogen-bond acceptors (Lipinski definition) is 4. The second-order valence-electron chi connectivity index (χ2n) is 6.02. The lowest BCUT2D eigenvalue weighted by atomic mass is 10.1. The van der Waals surface area contributed by atoms with Crippen LogP contribution in [0.4, 0.5) is 5.69 Å². The van der Waals surface area contributed by atoms with Crippen molar-refractivity contribution < 1.29 is 19.4 Å². The Hall–Kier alpha value is -3.35. The minimum absolute atomic E-state index is 0.0164. The number of aliphatic carboxylic acids is 1. The Bertz CT molecular complexity index is 862. The summed E-state index contributed by atoms with van der Waals surface area (Å²) in [6.45, 7) is 0.752. The lowest BCUT2D eigenvalue weighted by molar-refractivity contribution is -0.137. The zero-order chi connectivity index (χ0) is 18.7. The van der Waals surface area contributed by atoms with Crippen LogP contribution in [-0.2, 0) is 11.3 Å². The Morgan fingerprint density at radius 3 is 2.62 bits per heavy atom. The molecule has 0 fully saturated rings. The number of carbonyl (C=O) groups is 2. The highest BCUT2D eigenvalue weighted by Gasteiger charge is 2.28. The first-order valence-electron chi connectivity index (χ1n) is 8.19. The molecule has 0 radical (unpaired) electrons. The van der Waals surface area contributed by atoms with Gasteiger partial charge in [-0.05, 0) is 48.4 Å². The number of carboxylic acid groups (broad SMARTS) is 1. The van der Waals surface area contributed by atoms with E-state index in [4.69, 9.17) is 21.0 Å². The fourth-order valence-corrected chi connectivity index (χ4v) is 2.81. The molecule has 2 aromatic carbocycles. The van der Waals surface area contributed by atoms with Gasteiger partial charge in [0.2, 0.25) is 0 Å². The molecule has 1 aliphatic heterocycles. The number of nitrogen functional groups attached to an aromatic ring is 1. The highest BCUT2D eigenvalue weighted by Crippen LogP contribution is 2.31. The van der Waals surface area contributed by atoms with Gasteiger partial charge in [0.1, 0.15) is 11.6 Å².